The number of imidazole rings is 1. The lowest BCUT2D eigenvalue weighted by molar-refractivity contribution is -0.145. The van der Waals surface area contributed by atoms with Crippen molar-refractivity contribution in [1.82, 2.24) is 55.8 Å². The molecule has 6 heterocycles. The summed E-state index contributed by atoms with van der Waals surface area (Å²) >= 11 is 1.58. The van der Waals surface area contributed by atoms with E-state index in [2.05, 4.69) is 38.4 Å². The lowest BCUT2D eigenvalue weighted by Crippen LogP contribution is -2.60. The van der Waals surface area contributed by atoms with Crippen LogP contribution in [0.3, 0.4) is 0 Å². The van der Waals surface area contributed by atoms with Gasteiger partial charge in [-0.15, -0.1) is 11.3 Å². The number of thiazole rings is 1. The van der Waals surface area contributed by atoms with Crippen LogP contribution in [0.2, 0.25) is 0 Å². The third kappa shape index (κ3) is 10.8. The van der Waals surface area contributed by atoms with E-state index < -0.39 is 24.2 Å². The fraction of sp³-hybridized carbons (Fsp3) is 0.481. The number of nitrogens with one attached hydrogen (secondary N) is 5. The van der Waals surface area contributed by atoms with Gasteiger partial charge in [-0.25, -0.2) is 9.97 Å². The van der Waals surface area contributed by atoms with Gasteiger partial charge in [-0.3, -0.25) is 28.8 Å². The second kappa shape index (κ2) is 22.5. The summed E-state index contributed by atoms with van der Waals surface area (Å²) in [7, 11) is 3.37. The fourth-order valence-corrected chi connectivity index (χ4v) is 11.9. The number of carbonyl (C=O) groups excluding carboxylic acids is 6. The number of rotatable bonds is 15. The van der Waals surface area contributed by atoms with Crippen molar-refractivity contribution in [2.75, 3.05) is 40.3 Å². The molecular weight excluding hydrogens is 931 g/mol. The van der Waals surface area contributed by atoms with E-state index >= 15 is 0 Å². The quantitative estimate of drug-likeness (QED) is 0.0854. The number of fused-ring (bicyclic) bond motifs is 3. The van der Waals surface area contributed by atoms with Crippen molar-refractivity contribution in [1.29, 1.82) is 0 Å². The Morgan fingerprint density at radius 3 is 1.75 bits per heavy atom. The smallest absolute Gasteiger partial charge is 0.247 e. The van der Waals surface area contributed by atoms with E-state index in [4.69, 9.17) is 9.97 Å². The maximum Gasteiger partial charge on any atom is 0.247 e. The van der Waals surface area contributed by atoms with Crippen molar-refractivity contribution in [2.24, 2.45) is 0 Å². The summed E-state index contributed by atoms with van der Waals surface area (Å²) in [6.07, 6.45) is 7.12. The molecule has 3 aromatic carbocycles. The third-order valence-electron chi connectivity index (χ3n) is 15.2. The number of amides is 6. The molecule has 0 aliphatic carbocycles. The zero-order valence-corrected chi connectivity index (χ0v) is 42.5. The van der Waals surface area contributed by atoms with Gasteiger partial charge in [-0.05, 0) is 96.5 Å². The largest absolute Gasteiger partial charge is 0.341 e. The Balaban J connectivity index is 0.843. The van der Waals surface area contributed by atoms with Crippen LogP contribution in [0.25, 0.3) is 32.6 Å². The fourth-order valence-electron chi connectivity index (χ4n) is 10.9. The second-order valence-corrected chi connectivity index (χ2v) is 20.8. The first-order valence-corrected chi connectivity index (χ1v) is 26.4. The first-order chi connectivity index (χ1) is 34.9. The molecule has 18 heteroatoms. The number of hydrogen-bond donors (Lipinski definition) is 5. The van der Waals surface area contributed by atoms with Crippen LogP contribution in [-0.4, -0.2) is 147 Å². The predicted molar refractivity (Wildman–Crippen MR) is 276 cm³/mol. The van der Waals surface area contributed by atoms with Crippen LogP contribution < -0.4 is 21.3 Å². The van der Waals surface area contributed by atoms with Gasteiger partial charge in [0.15, 0.2) is 0 Å². The Hall–Kier alpha value is -6.50. The average Bonchev–Trinajstić information content (AvgIpc) is 4.24. The highest BCUT2D eigenvalue weighted by Crippen LogP contribution is 2.43. The van der Waals surface area contributed by atoms with Crippen molar-refractivity contribution < 1.29 is 28.8 Å². The minimum Gasteiger partial charge on any atom is -0.341 e. The molecule has 6 amide bonds. The van der Waals surface area contributed by atoms with Gasteiger partial charge in [-0.2, -0.15) is 0 Å². The van der Waals surface area contributed by atoms with Gasteiger partial charge >= 0.3 is 0 Å². The van der Waals surface area contributed by atoms with Gasteiger partial charge in [0, 0.05) is 62.9 Å². The molecule has 4 aliphatic heterocycles. The molecule has 2 aromatic heterocycles. The van der Waals surface area contributed by atoms with E-state index in [1.807, 2.05) is 82.7 Å². The van der Waals surface area contributed by atoms with Crippen molar-refractivity contribution in [2.45, 2.75) is 126 Å². The minimum atomic E-state index is -0.981. The van der Waals surface area contributed by atoms with Crippen molar-refractivity contribution in [3.8, 4) is 21.6 Å². The van der Waals surface area contributed by atoms with E-state index in [9.17, 15) is 28.8 Å². The molecule has 0 unspecified atom stereocenters. The predicted octanol–water partition coefficient (Wildman–Crippen LogP) is 5.33. The monoisotopic (exact) mass is 997 g/mol. The molecule has 17 nitrogen and oxygen atoms in total. The van der Waals surface area contributed by atoms with Crippen LogP contribution in [0.5, 0.6) is 0 Å². The normalized spacial score (nSPS) is 23.4. The molecule has 380 valence electrons. The molecule has 72 heavy (non-hydrogen) atoms. The summed E-state index contributed by atoms with van der Waals surface area (Å²) in [5, 5.41) is 12.7. The van der Waals surface area contributed by atoms with Crippen molar-refractivity contribution in [3.05, 3.63) is 95.9 Å². The molecule has 0 bridgehead atoms. The average molecular weight is 998 g/mol. The van der Waals surface area contributed by atoms with E-state index in [1.165, 1.54) is 0 Å². The van der Waals surface area contributed by atoms with Gasteiger partial charge in [-0.1, -0.05) is 72.8 Å². The van der Waals surface area contributed by atoms with Gasteiger partial charge < -0.3 is 45.9 Å². The van der Waals surface area contributed by atoms with Crippen LogP contribution in [-0.2, 0) is 28.8 Å². The van der Waals surface area contributed by atoms with E-state index in [1.54, 1.807) is 49.1 Å². The maximum atomic E-state index is 14.8. The van der Waals surface area contributed by atoms with Gasteiger partial charge in [0.2, 0.25) is 35.4 Å². The van der Waals surface area contributed by atoms with Gasteiger partial charge in [0.05, 0.1) is 40.1 Å². The molecule has 4 aliphatic rings. The number of aromatic amines is 1. The highest BCUT2D eigenvalue weighted by atomic mass is 32.1. The lowest BCUT2D eigenvalue weighted by atomic mass is 10.0. The molecular formula is C54H67N11O6S. The number of aromatic nitrogens is 3. The SMILES string of the molecule is CN[C@@H](C)C(=O)N[C@H]1CN(C(=O)CCCCC(=O)N2CC[C@H]3CC[C@@H](c4ncc(-c5ccccc5)s4)N3C(=O)[C@@H](NC(=O)[C@H](C)NC)C2)CC[C@H]2CC[C@@H](c3nc4c(-c5ccccc5)cccc4[nH]3)N2C1=O. The standard InChI is InChI=1S/C54H67N11O6S/c1-33(55-3)50(68)59-41-31-62(28-26-37-22-24-43(64(37)53(41)70)49-58-40-19-13-18-39(48(40)61-49)35-14-7-5-8-15-35)46(66)20-11-12-21-47(67)63-29-27-38-23-25-44(52-57-30-45(72-52)36-16-9-6-10-17-36)65(38)54(71)42(32-63)60-51(69)34(2)56-4/h5-10,13-19,30,33-34,37-38,41-44,55-56H,11-12,20-29,31-32H2,1-4H3,(H,58,61)(H,59,68)(H,60,69)/t33-,34-,37+,38+,41-,42-,43-,44-/m0/s1. The minimum absolute atomic E-state index is 0.0177. The molecule has 5 aromatic rings. The van der Waals surface area contributed by atoms with E-state index in [0.717, 1.165) is 56.9 Å². The molecule has 4 fully saturated rings. The summed E-state index contributed by atoms with van der Waals surface area (Å²) < 4.78 is 0. The summed E-state index contributed by atoms with van der Waals surface area (Å²) in [6.45, 7) is 4.33. The number of likely N-dealkylation sites (N-methyl/N-ethyl adjacent to an activating group) is 2. The number of benzene rings is 3. The number of carbonyl (C=O) groups is 6. The number of H-pyrrole nitrogens is 1. The highest BCUT2D eigenvalue weighted by molar-refractivity contribution is 7.15. The Morgan fingerprint density at radius 2 is 1.19 bits per heavy atom. The Morgan fingerprint density at radius 1 is 0.667 bits per heavy atom. The molecule has 5 N–H and O–H groups in total. The first kappa shape index (κ1) is 50.4. The van der Waals surface area contributed by atoms with Crippen molar-refractivity contribution >= 4 is 57.8 Å². The zero-order valence-electron chi connectivity index (χ0n) is 41.6. The van der Waals surface area contributed by atoms with Gasteiger partial charge in [0.1, 0.15) is 22.9 Å². The van der Waals surface area contributed by atoms with Gasteiger partial charge in [0.25, 0.3) is 0 Å². The second-order valence-electron chi connectivity index (χ2n) is 19.7. The van der Waals surface area contributed by atoms with Crippen molar-refractivity contribution in [3.63, 3.8) is 0 Å². The molecule has 0 spiro atoms. The Kier molecular flexibility index (Phi) is 15.8. The van der Waals surface area contributed by atoms with Crippen LogP contribution >= 0.6 is 11.3 Å². The number of para-hydroxylation sites is 1. The molecule has 4 saturated heterocycles. The highest BCUT2D eigenvalue weighted by Gasteiger charge is 2.46. The van der Waals surface area contributed by atoms with Crippen LogP contribution in [0.15, 0.2) is 85.1 Å². The number of nitrogens with zero attached hydrogens (tertiary/aromatic N) is 6. The summed E-state index contributed by atoms with van der Waals surface area (Å²) in [4.78, 5) is 106. The summed E-state index contributed by atoms with van der Waals surface area (Å²) in [5.41, 5.74) is 4.82. The van der Waals surface area contributed by atoms with Crippen LogP contribution in [0.1, 0.15) is 101 Å². The molecule has 9 rings (SSSR count). The summed E-state index contributed by atoms with van der Waals surface area (Å²) in [5.74, 6) is -0.716. The third-order valence-corrected chi connectivity index (χ3v) is 16.3. The van der Waals surface area contributed by atoms with Crippen LogP contribution in [0, 0.1) is 0 Å². The topological polar surface area (TPSA) is 205 Å². The van der Waals surface area contributed by atoms with E-state index in [-0.39, 0.29) is 85.5 Å². The zero-order chi connectivity index (χ0) is 50.5. The molecule has 0 saturated carbocycles. The Labute approximate surface area is 424 Å². The van der Waals surface area contributed by atoms with E-state index in [0.29, 0.717) is 51.0 Å². The molecule has 0 radical (unpaired) electrons. The first-order valence-electron chi connectivity index (χ1n) is 25.6. The molecule has 8 atom stereocenters. The van der Waals surface area contributed by atoms with Crippen LogP contribution in [0.4, 0.5) is 0 Å². The number of unbranched alkanes of at least 4 members (excludes halogenated alkanes) is 1. The maximum absolute atomic E-state index is 14.8. The Bertz CT molecular complexity index is 2750. The number of hydrogen-bond acceptors (Lipinski definition) is 11. The summed E-state index contributed by atoms with van der Waals surface area (Å²) in [6, 6.07) is 22.3. The lowest BCUT2D eigenvalue weighted by Gasteiger charge is -2.39.